The Bertz CT molecular complexity index is 570. The number of rotatable bonds is 3. The maximum atomic E-state index is 11.4. The van der Waals surface area contributed by atoms with Crippen LogP contribution in [0.5, 0.6) is 0 Å². The summed E-state index contributed by atoms with van der Waals surface area (Å²) in [5.74, 6) is 0.611. The van der Waals surface area contributed by atoms with Crippen molar-refractivity contribution >= 4 is 5.91 Å². The molecule has 5 nitrogen and oxygen atoms in total. The molecule has 0 aromatic carbocycles. The molecule has 1 aromatic heterocycles. The minimum Gasteiger partial charge on any atom is -0.343 e. The average molecular weight is 288 g/mol. The van der Waals surface area contributed by atoms with Gasteiger partial charge >= 0.3 is 0 Å². The van der Waals surface area contributed by atoms with Crippen LogP contribution in [0.25, 0.3) is 0 Å². The van der Waals surface area contributed by atoms with Gasteiger partial charge in [0.2, 0.25) is 5.91 Å². The molecular weight excluding hydrogens is 264 g/mol. The summed E-state index contributed by atoms with van der Waals surface area (Å²) in [5, 5.41) is 12.7. The van der Waals surface area contributed by atoms with Gasteiger partial charge in [0.1, 0.15) is 11.8 Å². The minimum atomic E-state index is 0.165. The summed E-state index contributed by atoms with van der Waals surface area (Å²) in [6.45, 7) is 8.29. The van der Waals surface area contributed by atoms with Crippen LogP contribution in [-0.4, -0.2) is 34.5 Å². The summed E-state index contributed by atoms with van der Waals surface area (Å²) >= 11 is 0. The smallest absolute Gasteiger partial charge is 0.219 e. The number of nitriles is 1. The maximum absolute atomic E-state index is 11.4. The van der Waals surface area contributed by atoms with Crippen molar-refractivity contribution < 1.29 is 4.79 Å². The van der Waals surface area contributed by atoms with Gasteiger partial charge in [-0.2, -0.15) is 5.26 Å². The van der Waals surface area contributed by atoms with Crippen molar-refractivity contribution in [3.05, 3.63) is 23.0 Å². The van der Waals surface area contributed by atoms with Crippen LogP contribution in [0.15, 0.2) is 6.07 Å². The van der Waals surface area contributed by atoms with E-state index in [-0.39, 0.29) is 5.91 Å². The standard InChI is InChI=1S/C16H24N4O/c1-11-10-20(13(3)21)6-5-16(11)18-9-14-7-15(8-17)19(4)12(14)2/h7,11,16,18H,5-6,9-10H2,1-4H3/t11-,16+/m0/s1. The van der Waals surface area contributed by atoms with Gasteiger partial charge < -0.3 is 14.8 Å². The molecule has 1 aromatic rings. The number of likely N-dealkylation sites (tertiary alicyclic amines) is 1. The quantitative estimate of drug-likeness (QED) is 0.918. The van der Waals surface area contributed by atoms with Gasteiger partial charge in [-0.3, -0.25) is 4.79 Å². The molecule has 0 radical (unpaired) electrons. The molecule has 2 heterocycles. The Morgan fingerprint density at radius 2 is 2.29 bits per heavy atom. The van der Waals surface area contributed by atoms with Crippen LogP contribution in [0.1, 0.15) is 37.2 Å². The number of carbonyl (C=O) groups is 1. The number of nitrogens with one attached hydrogen (secondary N) is 1. The van der Waals surface area contributed by atoms with E-state index in [1.807, 2.05) is 29.5 Å². The summed E-state index contributed by atoms with van der Waals surface area (Å²) in [6.07, 6.45) is 0.984. The third kappa shape index (κ3) is 3.27. The van der Waals surface area contributed by atoms with E-state index in [0.29, 0.717) is 17.7 Å². The number of amides is 1. The molecule has 0 saturated carbocycles. The number of hydrogen-bond donors (Lipinski definition) is 1. The van der Waals surface area contributed by atoms with E-state index < -0.39 is 0 Å². The highest BCUT2D eigenvalue weighted by molar-refractivity contribution is 5.73. The Morgan fingerprint density at radius 3 is 2.81 bits per heavy atom. The first-order valence-corrected chi connectivity index (χ1v) is 7.48. The van der Waals surface area contributed by atoms with Gasteiger partial charge in [-0.05, 0) is 30.9 Å². The lowest BCUT2D eigenvalue weighted by atomic mass is 9.93. The lowest BCUT2D eigenvalue weighted by molar-refractivity contribution is -0.130. The van der Waals surface area contributed by atoms with Gasteiger partial charge in [0.25, 0.3) is 0 Å². The van der Waals surface area contributed by atoms with Crippen molar-refractivity contribution in [1.82, 2.24) is 14.8 Å². The van der Waals surface area contributed by atoms with E-state index in [9.17, 15) is 4.79 Å². The van der Waals surface area contributed by atoms with E-state index >= 15 is 0 Å². The molecule has 1 amide bonds. The Balaban J connectivity index is 1.95. The molecule has 0 unspecified atom stereocenters. The van der Waals surface area contributed by atoms with Crippen LogP contribution in [-0.2, 0) is 18.4 Å². The van der Waals surface area contributed by atoms with Gasteiger partial charge in [0.15, 0.2) is 0 Å². The molecule has 0 aliphatic carbocycles. The lowest BCUT2D eigenvalue weighted by Crippen LogP contribution is -2.49. The first kappa shape index (κ1) is 15.6. The maximum Gasteiger partial charge on any atom is 0.219 e. The number of hydrogen-bond acceptors (Lipinski definition) is 3. The van der Waals surface area contributed by atoms with Crippen molar-refractivity contribution in [3.63, 3.8) is 0 Å². The van der Waals surface area contributed by atoms with E-state index in [1.54, 1.807) is 6.92 Å². The van der Waals surface area contributed by atoms with E-state index in [1.165, 1.54) is 5.56 Å². The monoisotopic (exact) mass is 288 g/mol. The van der Waals surface area contributed by atoms with Crippen molar-refractivity contribution in [3.8, 4) is 6.07 Å². The first-order valence-electron chi connectivity index (χ1n) is 7.48. The zero-order chi connectivity index (χ0) is 15.6. The van der Waals surface area contributed by atoms with Crippen LogP contribution in [0.4, 0.5) is 0 Å². The van der Waals surface area contributed by atoms with Crippen molar-refractivity contribution in [2.45, 2.75) is 39.8 Å². The molecule has 5 heteroatoms. The number of aromatic nitrogens is 1. The minimum absolute atomic E-state index is 0.165. The molecule has 0 spiro atoms. The summed E-state index contributed by atoms with van der Waals surface area (Å²) in [4.78, 5) is 13.3. The number of nitrogens with zero attached hydrogens (tertiary/aromatic N) is 3. The predicted octanol–water partition coefficient (Wildman–Crippen LogP) is 1.55. The highest BCUT2D eigenvalue weighted by Gasteiger charge is 2.27. The molecule has 114 valence electrons. The van der Waals surface area contributed by atoms with Crippen LogP contribution in [0, 0.1) is 24.2 Å². The lowest BCUT2D eigenvalue weighted by Gasteiger charge is -2.37. The van der Waals surface area contributed by atoms with Crippen LogP contribution in [0.3, 0.4) is 0 Å². The van der Waals surface area contributed by atoms with E-state index in [0.717, 1.165) is 31.7 Å². The van der Waals surface area contributed by atoms with Crippen molar-refractivity contribution in [1.29, 1.82) is 5.26 Å². The normalized spacial score (nSPS) is 22.1. The Labute approximate surface area is 126 Å². The van der Waals surface area contributed by atoms with Crippen molar-refractivity contribution in [2.24, 2.45) is 13.0 Å². The van der Waals surface area contributed by atoms with Gasteiger partial charge in [-0.15, -0.1) is 0 Å². The van der Waals surface area contributed by atoms with Gasteiger partial charge in [0.05, 0.1) is 0 Å². The molecule has 1 aliphatic heterocycles. The molecule has 2 atom stereocenters. The Hall–Kier alpha value is -1.80. The second-order valence-corrected chi connectivity index (χ2v) is 6.03. The highest BCUT2D eigenvalue weighted by Crippen LogP contribution is 2.19. The van der Waals surface area contributed by atoms with Gasteiger partial charge in [-0.25, -0.2) is 0 Å². The molecule has 2 rings (SSSR count). The molecule has 1 N–H and O–H groups in total. The third-order valence-corrected chi connectivity index (χ3v) is 4.66. The fourth-order valence-corrected chi connectivity index (χ4v) is 3.02. The fraction of sp³-hybridized carbons (Fsp3) is 0.625. The van der Waals surface area contributed by atoms with Crippen LogP contribution >= 0.6 is 0 Å². The van der Waals surface area contributed by atoms with E-state index in [2.05, 4.69) is 18.3 Å². The first-order chi connectivity index (χ1) is 9.93. The third-order valence-electron chi connectivity index (χ3n) is 4.66. The summed E-state index contributed by atoms with van der Waals surface area (Å²) < 4.78 is 1.93. The molecule has 1 fully saturated rings. The highest BCUT2D eigenvalue weighted by atomic mass is 16.2. The summed E-state index contributed by atoms with van der Waals surface area (Å²) in [6, 6.07) is 4.59. The van der Waals surface area contributed by atoms with E-state index in [4.69, 9.17) is 5.26 Å². The fourth-order valence-electron chi connectivity index (χ4n) is 3.02. The predicted molar refractivity (Wildman–Crippen MR) is 81.5 cm³/mol. The molecule has 1 saturated heterocycles. The number of piperidine rings is 1. The largest absolute Gasteiger partial charge is 0.343 e. The zero-order valence-electron chi connectivity index (χ0n) is 13.3. The van der Waals surface area contributed by atoms with Crippen LogP contribution < -0.4 is 5.32 Å². The van der Waals surface area contributed by atoms with Crippen molar-refractivity contribution in [2.75, 3.05) is 13.1 Å². The second-order valence-electron chi connectivity index (χ2n) is 6.03. The van der Waals surface area contributed by atoms with Crippen LogP contribution in [0.2, 0.25) is 0 Å². The average Bonchev–Trinajstić information content (AvgIpc) is 2.73. The van der Waals surface area contributed by atoms with Gasteiger partial charge in [-0.1, -0.05) is 6.92 Å². The summed E-state index contributed by atoms with van der Waals surface area (Å²) in [7, 11) is 1.92. The molecule has 0 bridgehead atoms. The SMILES string of the molecule is CC(=O)N1CC[C@@H](NCc2cc(C#N)n(C)c2C)[C@@H](C)C1. The topological polar surface area (TPSA) is 61.1 Å². The molecule has 21 heavy (non-hydrogen) atoms. The Kier molecular flexibility index (Phi) is 4.69. The van der Waals surface area contributed by atoms with Gasteiger partial charge in [0, 0.05) is 45.3 Å². The zero-order valence-corrected chi connectivity index (χ0v) is 13.3. The Morgan fingerprint density at radius 1 is 1.57 bits per heavy atom. The number of carbonyl (C=O) groups excluding carboxylic acids is 1. The second kappa shape index (κ2) is 6.31. The molecule has 1 aliphatic rings. The molecular formula is C16H24N4O. The summed E-state index contributed by atoms with van der Waals surface area (Å²) in [5.41, 5.74) is 3.01.